The fourth-order valence-corrected chi connectivity index (χ4v) is 4.91. The number of rotatable bonds is 4. The molecule has 2 saturated heterocycles. The van der Waals surface area contributed by atoms with Crippen LogP contribution < -0.4 is 4.74 Å². The molecule has 2 heterocycles. The quantitative estimate of drug-likeness (QED) is 0.809. The van der Waals surface area contributed by atoms with Crippen molar-refractivity contribution in [1.82, 2.24) is 9.80 Å². The molecule has 0 aliphatic carbocycles. The predicted octanol–water partition coefficient (Wildman–Crippen LogP) is 3.67. The first kappa shape index (κ1) is 18.9. The van der Waals surface area contributed by atoms with E-state index in [9.17, 15) is 9.18 Å². The molecule has 0 unspecified atom stereocenters. The number of likely N-dealkylation sites (tertiary alicyclic amines) is 2. The predicted molar refractivity (Wildman–Crippen MR) is 107 cm³/mol. The Morgan fingerprint density at radius 3 is 2.64 bits per heavy atom. The standard InChI is InChI=1S/C23H27FN2O2/c1-16(27)26-15-21(18-6-8-20(28-2)9-7-18)22-14-25(11-10-23(22)26)13-17-4-3-5-19(24)12-17/h3-9,12,21-23H,10-11,13-15H2,1-2H3/t21-,22-,23-/m1/s1. The summed E-state index contributed by atoms with van der Waals surface area (Å²) in [4.78, 5) is 16.7. The van der Waals surface area contributed by atoms with Crippen molar-refractivity contribution in [2.75, 3.05) is 26.7 Å². The lowest BCUT2D eigenvalue weighted by Gasteiger charge is -2.38. The summed E-state index contributed by atoms with van der Waals surface area (Å²) >= 11 is 0. The minimum absolute atomic E-state index is 0.157. The fraction of sp³-hybridized carbons (Fsp3) is 0.435. The second-order valence-corrected chi connectivity index (χ2v) is 7.94. The first-order chi connectivity index (χ1) is 13.5. The normalized spacial score (nSPS) is 24.8. The molecule has 2 fully saturated rings. The summed E-state index contributed by atoms with van der Waals surface area (Å²) in [6.07, 6.45) is 0.965. The molecule has 2 aromatic carbocycles. The Labute approximate surface area is 165 Å². The smallest absolute Gasteiger partial charge is 0.219 e. The van der Waals surface area contributed by atoms with Crippen LogP contribution in [0.2, 0.25) is 0 Å². The van der Waals surface area contributed by atoms with Gasteiger partial charge in [-0.1, -0.05) is 24.3 Å². The monoisotopic (exact) mass is 382 g/mol. The number of fused-ring (bicyclic) bond motifs is 1. The van der Waals surface area contributed by atoms with Crippen LogP contribution in [-0.4, -0.2) is 48.5 Å². The number of amides is 1. The molecule has 1 amide bonds. The van der Waals surface area contributed by atoms with E-state index in [-0.39, 0.29) is 17.8 Å². The number of carbonyl (C=O) groups excluding carboxylic acids is 1. The molecule has 148 valence electrons. The Balaban J connectivity index is 1.54. The average Bonchev–Trinajstić information content (AvgIpc) is 3.07. The van der Waals surface area contributed by atoms with Gasteiger partial charge < -0.3 is 9.64 Å². The van der Waals surface area contributed by atoms with Crippen molar-refractivity contribution in [2.45, 2.75) is 31.8 Å². The van der Waals surface area contributed by atoms with E-state index in [1.54, 1.807) is 26.2 Å². The van der Waals surface area contributed by atoms with Crippen LogP contribution >= 0.6 is 0 Å². The maximum Gasteiger partial charge on any atom is 0.219 e. The fourth-order valence-electron chi connectivity index (χ4n) is 4.91. The highest BCUT2D eigenvalue weighted by atomic mass is 19.1. The SMILES string of the molecule is COc1ccc([C@H]2CN(C(C)=O)[C@@H]3CCN(Cc4cccc(F)c4)C[C@H]23)cc1. The van der Waals surface area contributed by atoms with E-state index in [4.69, 9.17) is 4.74 Å². The second-order valence-electron chi connectivity index (χ2n) is 7.94. The van der Waals surface area contributed by atoms with Crippen molar-refractivity contribution in [1.29, 1.82) is 0 Å². The number of nitrogens with zero attached hydrogens (tertiary/aromatic N) is 2. The zero-order valence-corrected chi connectivity index (χ0v) is 16.5. The van der Waals surface area contributed by atoms with Crippen LogP contribution in [0.1, 0.15) is 30.4 Å². The van der Waals surface area contributed by atoms with Gasteiger partial charge in [-0.25, -0.2) is 4.39 Å². The summed E-state index contributed by atoms with van der Waals surface area (Å²) in [5.41, 5.74) is 2.26. The number of hydrogen-bond acceptors (Lipinski definition) is 3. The molecule has 0 radical (unpaired) electrons. The Hall–Kier alpha value is -2.40. The molecule has 2 aromatic rings. The maximum absolute atomic E-state index is 13.5. The van der Waals surface area contributed by atoms with Gasteiger partial charge in [0.2, 0.25) is 5.91 Å². The number of benzene rings is 2. The molecule has 0 saturated carbocycles. The third-order valence-corrected chi connectivity index (χ3v) is 6.26. The summed E-state index contributed by atoms with van der Waals surface area (Å²) in [6.45, 7) is 5.03. The van der Waals surface area contributed by atoms with Gasteiger partial charge in [-0.3, -0.25) is 9.69 Å². The highest BCUT2D eigenvalue weighted by Crippen LogP contribution is 2.42. The minimum atomic E-state index is -0.188. The van der Waals surface area contributed by atoms with E-state index in [1.807, 2.05) is 18.2 Å². The van der Waals surface area contributed by atoms with Crippen LogP contribution in [0.25, 0.3) is 0 Å². The van der Waals surface area contributed by atoms with E-state index in [0.717, 1.165) is 43.9 Å². The lowest BCUT2D eigenvalue weighted by Crippen LogP contribution is -2.47. The molecule has 28 heavy (non-hydrogen) atoms. The average molecular weight is 382 g/mol. The van der Waals surface area contributed by atoms with E-state index < -0.39 is 0 Å². The molecule has 0 aromatic heterocycles. The van der Waals surface area contributed by atoms with E-state index in [0.29, 0.717) is 11.8 Å². The molecule has 2 aliphatic heterocycles. The molecule has 0 N–H and O–H groups in total. The lowest BCUT2D eigenvalue weighted by molar-refractivity contribution is -0.130. The Morgan fingerprint density at radius 2 is 1.96 bits per heavy atom. The van der Waals surface area contributed by atoms with Crippen LogP contribution in [-0.2, 0) is 11.3 Å². The van der Waals surface area contributed by atoms with Crippen LogP contribution in [0.4, 0.5) is 4.39 Å². The van der Waals surface area contributed by atoms with Gasteiger partial charge in [0, 0.05) is 51.0 Å². The molecule has 4 rings (SSSR count). The summed E-state index contributed by atoms with van der Waals surface area (Å²) in [5, 5.41) is 0. The third-order valence-electron chi connectivity index (χ3n) is 6.26. The van der Waals surface area contributed by atoms with Crippen molar-refractivity contribution in [2.24, 2.45) is 5.92 Å². The zero-order chi connectivity index (χ0) is 19.7. The highest BCUT2D eigenvalue weighted by molar-refractivity contribution is 5.74. The molecule has 5 heteroatoms. The minimum Gasteiger partial charge on any atom is -0.497 e. The van der Waals surface area contributed by atoms with E-state index in [2.05, 4.69) is 21.9 Å². The van der Waals surface area contributed by atoms with Crippen LogP contribution in [0.5, 0.6) is 5.75 Å². The molecule has 4 nitrogen and oxygen atoms in total. The van der Waals surface area contributed by atoms with Gasteiger partial charge in [-0.15, -0.1) is 0 Å². The lowest BCUT2D eigenvalue weighted by atomic mass is 9.81. The summed E-state index contributed by atoms with van der Waals surface area (Å²) < 4.78 is 18.8. The topological polar surface area (TPSA) is 32.8 Å². The molecule has 2 aliphatic rings. The Bertz CT molecular complexity index is 839. The molecule has 3 atom stereocenters. The number of piperidine rings is 1. The van der Waals surface area contributed by atoms with Gasteiger partial charge in [0.05, 0.1) is 7.11 Å². The van der Waals surface area contributed by atoms with Gasteiger partial charge in [0.1, 0.15) is 11.6 Å². The zero-order valence-electron chi connectivity index (χ0n) is 16.5. The van der Waals surface area contributed by atoms with Crippen LogP contribution in [0, 0.1) is 11.7 Å². The summed E-state index contributed by atoms with van der Waals surface area (Å²) in [6, 6.07) is 15.4. The molecule has 0 bridgehead atoms. The number of hydrogen-bond donors (Lipinski definition) is 0. The molecular weight excluding hydrogens is 355 g/mol. The van der Waals surface area contributed by atoms with Gasteiger partial charge in [-0.05, 0) is 41.8 Å². The van der Waals surface area contributed by atoms with Crippen LogP contribution in [0.3, 0.4) is 0 Å². The Morgan fingerprint density at radius 1 is 1.18 bits per heavy atom. The van der Waals surface area contributed by atoms with Crippen molar-refractivity contribution < 1.29 is 13.9 Å². The molecular formula is C23H27FN2O2. The number of methoxy groups -OCH3 is 1. The first-order valence-corrected chi connectivity index (χ1v) is 9.93. The third kappa shape index (κ3) is 3.76. The number of ether oxygens (including phenoxy) is 1. The van der Waals surface area contributed by atoms with Gasteiger partial charge in [0.25, 0.3) is 0 Å². The van der Waals surface area contributed by atoms with Crippen molar-refractivity contribution in [3.05, 3.63) is 65.5 Å². The largest absolute Gasteiger partial charge is 0.497 e. The van der Waals surface area contributed by atoms with Crippen molar-refractivity contribution in [3.8, 4) is 5.75 Å². The van der Waals surface area contributed by atoms with Gasteiger partial charge in [-0.2, -0.15) is 0 Å². The number of carbonyl (C=O) groups is 1. The highest BCUT2D eigenvalue weighted by Gasteiger charge is 2.46. The maximum atomic E-state index is 13.5. The molecule has 0 spiro atoms. The van der Waals surface area contributed by atoms with Gasteiger partial charge >= 0.3 is 0 Å². The van der Waals surface area contributed by atoms with Crippen molar-refractivity contribution >= 4 is 5.91 Å². The Kier molecular flexibility index (Phi) is 5.36. The summed E-state index contributed by atoms with van der Waals surface area (Å²) in [5.74, 6) is 1.52. The second kappa shape index (κ2) is 7.92. The summed E-state index contributed by atoms with van der Waals surface area (Å²) in [7, 11) is 1.67. The van der Waals surface area contributed by atoms with Crippen LogP contribution in [0.15, 0.2) is 48.5 Å². The van der Waals surface area contributed by atoms with Gasteiger partial charge in [0.15, 0.2) is 0 Å². The first-order valence-electron chi connectivity index (χ1n) is 9.93. The van der Waals surface area contributed by atoms with Crippen molar-refractivity contribution in [3.63, 3.8) is 0 Å². The van der Waals surface area contributed by atoms with E-state index >= 15 is 0 Å². The van der Waals surface area contributed by atoms with E-state index in [1.165, 1.54) is 11.6 Å². The number of halogens is 1.